The summed E-state index contributed by atoms with van der Waals surface area (Å²) in [4.78, 5) is 12.5. The molecule has 3 rings (SSSR count). The van der Waals surface area contributed by atoms with Crippen molar-refractivity contribution in [3.8, 4) is 17.2 Å². The third-order valence-electron chi connectivity index (χ3n) is 4.48. The summed E-state index contributed by atoms with van der Waals surface area (Å²) in [6.45, 7) is 6.58. The molecule has 0 saturated heterocycles. The number of rotatable bonds is 11. The summed E-state index contributed by atoms with van der Waals surface area (Å²) < 4.78 is 18.2. The van der Waals surface area contributed by atoms with Gasteiger partial charge in [0.1, 0.15) is 23.9 Å². The molecule has 1 N–H and O–H groups in total. The van der Waals surface area contributed by atoms with E-state index in [1.165, 1.54) is 18.9 Å². The second-order valence-corrected chi connectivity index (χ2v) is 7.75. The van der Waals surface area contributed by atoms with Crippen molar-refractivity contribution in [3.05, 3.63) is 66.5 Å². The highest BCUT2D eigenvalue weighted by molar-refractivity contribution is 7.99. The molecular formula is C23H26N4O4S. The maximum Gasteiger partial charge on any atom is 0.234 e. The molecule has 0 aliphatic heterocycles. The zero-order valence-electron chi connectivity index (χ0n) is 18.3. The van der Waals surface area contributed by atoms with Crippen LogP contribution >= 0.6 is 11.8 Å². The number of aromatic nitrogens is 3. The van der Waals surface area contributed by atoms with Gasteiger partial charge in [-0.25, -0.2) is 0 Å². The first-order valence-electron chi connectivity index (χ1n) is 9.91. The molecule has 9 heteroatoms. The zero-order chi connectivity index (χ0) is 22.9. The number of nitrogens with one attached hydrogen (secondary N) is 1. The lowest BCUT2D eigenvalue weighted by molar-refractivity contribution is -0.113. The van der Waals surface area contributed by atoms with E-state index in [9.17, 15) is 4.79 Å². The van der Waals surface area contributed by atoms with Crippen LogP contribution in [-0.2, 0) is 17.9 Å². The standard InChI is InChI=1S/C23H26N4O4S/c1-5-11-27-21(14-31-18-8-6-7-16(2)12-18)25-26-23(27)32-15-22(28)24-19-10-9-17(29-3)13-20(19)30-4/h5-10,12-13H,1,11,14-15H2,2-4H3,(H,24,28). The van der Waals surface area contributed by atoms with Crippen molar-refractivity contribution >= 4 is 23.4 Å². The number of aryl methyl sites for hydroxylation is 1. The minimum atomic E-state index is -0.191. The van der Waals surface area contributed by atoms with E-state index in [2.05, 4.69) is 22.1 Å². The summed E-state index contributed by atoms with van der Waals surface area (Å²) in [5.74, 6) is 2.55. The average molecular weight is 455 g/mol. The summed E-state index contributed by atoms with van der Waals surface area (Å²) in [6, 6.07) is 13.0. The molecule has 32 heavy (non-hydrogen) atoms. The topological polar surface area (TPSA) is 87.5 Å². The number of thioether (sulfide) groups is 1. The largest absolute Gasteiger partial charge is 0.497 e. The van der Waals surface area contributed by atoms with Crippen LogP contribution in [0.15, 0.2) is 60.3 Å². The SMILES string of the molecule is C=CCn1c(COc2cccc(C)c2)nnc1SCC(=O)Nc1ccc(OC)cc1OC. The smallest absolute Gasteiger partial charge is 0.234 e. The van der Waals surface area contributed by atoms with Crippen molar-refractivity contribution in [1.82, 2.24) is 14.8 Å². The van der Waals surface area contributed by atoms with Gasteiger partial charge in [-0.05, 0) is 36.8 Å². The lowest BCUT2D eigenvalue weighted by Gasteiger charge is -2.12. The third-order valence-corrected chi connectivity index (χ3v) is 5.44. The number of carbonyl (C=O) groups excluding carboxylic acids is 1. The highest BCUT2D eigenvalue weighted by atomic mass is 32.2. The molecule has 168 valence electrons. The fourth-order valence-corrected chi connectivity index (χ4v) is 3.68. The van der Waals surface area contributed by atoms with Crippen LogP contribution in [0.2, 0.25) is 0 Å². The van der Waals surface area contributed by atoms with E-state index in [1.807, 2.05) is 35.8 Å². The molecule has 2 aromatic carbocycles. The molecule has 1 amide bonds. The molecule has 3 aromatic rings. The molecule has 0 bridgehead atoms. The van der Waals surface area contributed by atoms with Crippen LogP contribution in [0.3, 0.4) is 0 Å². The van der Waals surface area contributed by atoms with E-state index >= 15 is 0 Å². The van der Waals surface area contributed by atoms with E-state index in [1.54, 1.807) is 31.4 Å². The lowest BCUT2D eigenvalue weighted by atomic mass is 10.2. The van der Waals surface area contributed by atoms with Crippen LogP contribution in [0.4, 0.5) is 5.69 Å². The van der Waals surface area contributed by atoms with E-state index in [0.717, 1.165) is 11.3 Å². The fourth-order valence-electron chi connectivity index (χ4n) is 2.92. The van der Waals surface area contributed by atoms with Crippen LogP contribution in [0.25, 0.3) is 0 Å². The van der Waals surface area contributed by atoms with Gasteiger partial charge in [0.05, 0.1) is 25.7 Å². The van der Waals surface area contributed by atoms with Crippen LogP contribution in [0.5, 0.6) is 17.2 Å². The number of hydrogen-bond acceptors (Lipinski definition) is 7. The monoisotopic (exact) mass is 454 g/mol. The number of carbonyl (C=O) groups is 1. The summed E-state index contributed by atoms with van der Waals surface area (Å²) >= 11 is 1.29. The Hall–Kier alpha value is -3.46. The van der Waals surface area contributed by atoms with Crippen molar-refractivity contribution in [2.45, 2.75) is 25.2 Å². The second-order valence-electron chi connectivity index (χ2n) is 6.81. The number of methoxy groups -OCH3 is 2. The van der Waals surface area contributed by atoms with Crippen molar-refractivity contribution < 1.29 is 19.0 Å². The number of benzene rings is 2. The van der Waals surface area contributed by atoms with Gasteiger partial charge in [0.2, 0.25) is 5.91 Å². The average Bonchev–Trinajstić information content (AvgIpc) is 3.18. The summed E-state index contributed by atoms with van der Waals surface area (Å²) in [5, 5.41) is 11.9. The summed E-state index contributed by atoms with van der Waals surface area (Å²) in [6.07, 6.45) is 1.76. The zero-order valence-corrected chi connectivity index (χ0v) is 19.1. The molecule has 0 aliphatic rings. The molecule has 0 aliphatic carbocycles. The lowest BCUT2D eigenvalue weighted by Crippen LogP contribution is -2.15. The fraction of sp³-hybridized carbons (Fsp3) is 0.261. The maximum absolute atomic E-state index is 12.5. The molecule has 0 spiro atoms. The van der Waals surface area contributed by atoms with Crippen molar-refractivity contribution in [3.63, 3.8) is 0 Å². The first-order valence-corrected chi connectivity index (χ1v) is 10.9. The Morgan fingerprint density at radius 2 is 2.00 bits per heavy atom. The highest BCUT2D eigenvalue weighted by Gasteiger charge is 2.15. The Kier molecular flexibility index (Phi) is 8.15. The van der Waals surface area contributed by atoms with Gasteiger partial charge in [0.25, 0.3) is 0 Å². The molecule has 1 aromatic heterocycles. The summed E-state index contributed by atoms with van der Waals surface area (Å²) in [7, 11) is 3.11. The molecule has 0 unspecified atom stereocenters. The van der Waals surface area contributed by atoms with Gasteiger partial charge in [-0.15, -0.1) is 16.8 Å². The quantitative estimate of drug-likeness (QED) is 0.345. The van der Waals surface area contributed by atoms with Crippen molar-refractivity contribution in [2.24, 2.45) is 0 Å². The van der Waals surface area contributed by atoms with Gasteiger partial charge in [0.15, 0.2) is 11.0 Å². The van der Waals surface area contributed by atoms with Crippen molar-refractivity contribution in [1.29, 1.82) is 0 Å². The Morgan fingerprint density at radius 3 is 2.72 bits per heavy atom. The van der Waals surface area contributed by atoms with Crippen LogP contribution < -0.4 is 19.5 Å². The van der Waals surface area contributed by atoms with E-state index in [0.29, 0.717) is 34.7 Å². The Morgan fingerprint density at radius 1 is 1.16 bits per heavy atom. The minimum absolute atomic E-state index is 0.156. The number of anilines is 1. The maximum atomic E-state index is 12.5. The third kappa shape index (κ3) is 6.04. The van der Waals surface area contributed by atoms with Crippen LogP contribution in [0, 0.1) is 6.92 Å². The number of amides is 1. The minimum Gasteiger partial charge on any atom is -0.497 e. The predicted octanol–water partition coefficient (Wildman–Crippen LogP) is 4.10. The van der Waals surface area contributed by atoms with Gasteiger partial charge < -0.3 is 19.5 Å². The van der Waals surface area contributed by atoms with E-state index < -0.39 is 0 Å². The van der Waals surface area contributed by atoms with Gasteiger partial charge >= 0.3 is 0 Å². The molecule has 1 heterocycles. The van der Waals surface area contributed by atoms with Gasteiger partial charge in [-0.2, -0.15) is 0 Å². The molecule has 0 fully saturated rings. The van der Waals surface area contributed by atoms with Crippen LogP contribution in [0.1, 0.15) is 11.4 Å². The first-order chi connectivity index (χ1) is 15.5. The Bertz CT molecular complexity index is 1080. The second kappa shape index (κ2) is 11.2. The molecule has 0 saturated carbocycles. The predicted molar refractivity (Wildman–Crippen MR) is 125 cm³/mol. The highest BCUT2D eigenvalue weighted by Crippen LogP contribution is 2.29. The van der Waals surface area contributed by atoms with Crippen molar-refractivity contribution in [2.75, 3.05) is 25.3 Å². The van der Waals surface area contributed by atoms with E-state index in [-0.39, 0.29) is 18.3 Å². The molecule has 0 radical (unpaired) electrons. The first kappa shape index (κ1) is 23.2. The van der Waals surface area contributed by atoms with Gasteiger partial charge in [0, 0.05) is 12.6 Å². The number of nitrogens with zero attached hydrogens (tertiary/aromatic N) is 3. The van der Waals surface area contributed by atoms with E-state index in [4.69, 9.17) is 14.2 Å². The molecule has 8 nitrogen and oxygen atoms in total. The van der Waals surface area contributed by atoms with Gasteiger partial charge in [-0.3, -0.25) is 9.36 Å². The number of hydrogen-bond donors (Lipinski definition) is 1. The molecule has 0 atom stereocenters. The molecular weight excluding hydrogens is 428 g/mol. The Labute approximate surface area is 191 Å². The number of allylic oxidation sites excluding steroid dienone is 1. The van der Waals surface area contributed by atoms with Crippen LogP contribution in [-0.4, -0.2) is 40.6 Å². The van der Waals surface area contributed by atoms with Gasteiger partial charge in [-0.1, -0.05) is 30.0 Å². The Balaban J connectivity index is 1.63. The summed E-state index contributed by atoms with van der Waals surface area (Å²) in [5.41, 5.74) is 1.68. The number of ether oxygens (including phenoxy) is 3. The normalized spacial score (nSPS) is 10.5.